The molecule has 1 fully saturated rings. The minimum Gasteiger partial charge on any atom is -0.380 e. The van der Waals surface area contributed by atoms with Crippen LogP contribution in [0.4, 0.5) is 5.69 Å². The van der Waals surface area contributed by atoms with Gasteiger partial charge in [0, 0.05) is 22.2 Å². The number of aryl methyl sites for hydroxylation is 1. The van der Waals surface area contributed by atoms with Crippen LogP contribution in [0.3, 0.4) is 0 Å². The Morgan fingerprint density at radius 1 is 1.31 bits per heavy atom. The summed E-state index contributed by atoms with van der Waals surface area (Å²) in [5.41, 5.74) is 8.56. The summed E-state index contributed by atoms with van der Waals surface area (Å²) in [5, 5.41) is 3.55. The van der Waals surface area contributed by atoms with Crippen LogP contribution in [0.2, 0.25) is 0 Å². The third-order valence-electron chi connectivity index (χ3n) is 3.28. The van der Waals surface area contributed by atoms with E-state index in [4.69, 9.17) is 5.73 Å². The molecule has 2 rings (SSSR count). The summed E-state index contributed by atoms with van der Waals surface area (Å²) in [6.07, 6.45) is 4.88. The standard InChI is InChI=1S/C13H19BrN2/c1-9-6-7-12(10(14)8-9)16-13-5-3-2-4-11(13)15/h6-8,11,13,16H,2-5,15H2,1H3. The topological polar surface area (TPSA) is 38.0 Å². The summed E-state index contributed by atoms with van der Waals surface area (Å²) in [4.78, 5) is 0. The first-order valence-electron chi connectivity index (χ1n) is 5.95. The molecule has 0 bridgehead atoms. The van der Waals surface area contributed by atoms with Gasteiger partial charge in [-0.15, -0.1) is 0 Å². The zero-order chi connectivity index (χ0) is 11.5. The van der Waals surface area contributed by atoms with Crippen LogP contribution in [0.15, 0.2) is 22.7 Å². The molecule has 0 radical (unpaired) electrons. The van der Waals surface area contributed by atoms with Gasteiger partial charge in [0.05, 0.1) is 0 Å². The van der Waals surface area contributed by atoms with Crippen LogP contribution < -0.4 is 11.1 Å². The molecule has 1 aromatic rings. The highest BCUT2D eigenvalue weighted by Gasteiger charge is 2.21. The highest BCUT2D eigenvalue weighted by Crippen LogP contribution is 2.27. The second-order valence-corrected chi connectivity index (χ2v) is 5.54. The fraction of sp³-hybridized carbons (Fsp3) is 0.538. The molecule has 2 atom stereocenters. The Morgan fingerprint density at radius 3 is 2.75 bits per heavy atom. The number of hydrogen-bond acceptors (Lipinski definition) is 2. The summed E-state index contributed by atoms with van der Waals surface area (Å²) in [6.45, 7) is 2.10. The smallest absolute Gasteiger partial charge is 0.0487 e. The molecular weight excluding hydrogens is 264 g/mol. The molecule has 0 spiro atoms. The maximum absolute atomic E-state index is 6.13. The van der Waals surface area contributed by atoms with Gasteiger partial charge in [0.15, 0.2) is 0 Å². The van der Waals surface area contributed by atoms with Gasteiger partial charge in [0.2, 0.25) is 0 Å². The molecule has 0 amide bonds. The number of halogens is 1. The average molecular weight is 283 g/mol. The minimum atomic E-state index is 0.293. The molecule has 0 aliphatic heterocycles. The van der Waals surface area contributed by atoms with Gasteiger partial charge in [-0.3, -0.25) is 0 Å². The summed E-state index contributed by atoms with van der Waals surface area (Å²) in [5.74, 6) is 0. The van der Waals surface area contributed by atoms with Gasteiger partial charge in [-0.1, -0.05) is 18.9 Å². The molecule has 3 heteroatoms. The van der Waals surface area contributed by atoms with Crippen molar-refractivity contribution < 1.29 is 0 Å². The van der Waals surface area contributed by atoms with Crippen LogP contribution >= 0.6 is 15.9 Å². The van der Waals surface area contributed by atoms with E-state index in [0.717, 1.165) is 16.6 Å². The van der Waals surface area contributed by atoms with Crippen LogP contribution in [0.5, 0.6) is 0 Å². The van der Waals surface area contributed by atoms with Crippen molar-refractivity contribution in [2.24, 2.45) is 5.73 Å². The van der Waals surface area contributed by atoms with Crippen LogP contribution in [0, 0.1) is 6.92 Å². The molecule has 0 saturated heterocycles. The van der Waals surface area contributed by atoms with Gasteiger partial charge in [-0.25, -0.2) is 0 Å². The first kappa shape index (κ1) is 11.9. The second-order valence-electron chi connectivity index (χ2n) is 4.68. The number of benzene rings is 1. The molecule has 88 valence electrons. The van der Waals surface area contributed by atoms with E-state index in [0.29, 0.717) is 12.1 Å². The lowest BCUT2D eigenvalue weighted by atomic mass is 9.91. The molecule has 3 N–H and O–H groups in total. The fourth-order valence-corrected chi connectivity index (χ4v) is 2.88. The zero-order valence-electron chi connectivity index (χ0n) is 9.67. The maximum atomic E-state index is 6.13. The minimum absolute atomic E-state index is 0.293. The van der Waals surface area contributed by atoms with Crippen LogP contribution in [0.1, 0.15) is 31.2 Å². The molecule has 0 heterocycles. The predicted molar refractivity (Wildman–Crippen MR) is 72.7 cm³/mol. The maximum Gasteiger partial charge on any atom is 0.0487 e. The molecular formula is C13H19BrN2. The number of rotatable bonds is 2. The number of nitrogens with one attached hydrogen (secondary N) is 1. The highest BCUT2D eigenvalue weighted by molar-refractivity contribution is 9.10. The van der Waals surface area contributed by atoms with E-state index in [-0.39, 0.29) is 0 Å². The van der Waals surface area contributed by atoms with Crippen molar-refractivity contribution in [2.45, 2.75) is 44.7 Å². The van der Waals surface area contributed by atoms with Crippen molar-refractivity contribution >= 4 is 21.6 Å². The van der Waals surface area contributed by atoms with E-state index in [1.165, 1.54) is 24.8 Å². The Morgan fingerprint density at radius 2 is 2.06 bits per heavy atom. The Balaban J connectivity index is 2.07. The Hall–Kier alpha value is -0.540. The van der Waals surface area contributed by atoms with Crippen molar-refractivity contribution in [1.29, 1.82) is 0 Å². The Bertz CT molecular complexity index is 365. The van der Waals surface area contributed by atoms with Gasteiger partial charge < -0.3 is 11.1 Å². The quantitative estimate of drug-likeness (QED) is 0.872. The van der Waals surface area contributed by atoms with Crippen molar-refractivity contribution in [3.8, 4) is 0 Å². The third kappa shape index (κ3) is 2.77. The fourth-order valence-electron chi connectivity index (χ4n) is 2.28. The first-order chi connectivity index (χ1) is 7.66. The number of anilines is 1. The molecule has 1 aliphatic rings. The van der Waals surface area contributed by atoms with Crippen LogP contribution in [0.25, 0.3) is 0 Å². The van der Waals surface area contributed by atoms with Gasteiger partial charge in [-0.05, 0) is 53.4 Å². The largest absolute Gasteiger partial charge is 0.380 e. The lowest BCUT2D eigenvalue weighted by Gasteiger charge is -2.30. The van der Waals surface area contributed by atoms with Crippen molar-refractivity contribution in [3.63, 3.8) is 0 Å². The van der Waals surface area contributed by atoms with Gasteiger partial charge in [0.1, 0.15) is 0 Å². The van der Waals surface area contributed by atoms with E-state index < -0.39 is 0 Å². The van der Waals surface area contributed by atoms with Crippen LogP contribution in [-0.4, -0.2) is 12.1 Å². The van der Waals surface area contributed by atoms with E-state index in [9.17, 15) is 0 Å². The van der Waals surface area contributed by atoms with Gasteiger partial charge in [0.25, 0.3) is 0 Å². The Kier molecular flexibility index (Phi) is 3.87. The molecule has 1 aromatic carbocycles. The van der Waals surface area contributed by atoms with Gasteiger partial charge in [-0.2, -0.15) is 0 Å². The zero-order valence-corrected chi connectivity index (χ0v) is 11.3. The van der Waals surface area contributed by atoms with E-state index in [2.05, 4.69) is 46.4 Å². The Labute approximate surface area is 106 Å². The second kappa shape index (κ2) is 5.19. The van der Waals surface area contributed by atoms with E-state index >= 15 is 0 Å². The lowest BCUT2D eigenvalue weighted by Crippen LogP contribution is -2.42. The van der Waals surface area contributed by atoms with Crippen molar-refractivity contribution in [2.75, 3.05) is 5.32 Å². The summed E-state index contributed by atoms with van der Waals surface area (Å²) in [6, 6.07) is 7.11. The number of nitrogens with two attached hydrogens (primary N) is 1. The van der Waals surface area contributed by atoms with Gasteiger partial charge >= 0.3 is 0 Å². The normalized spacial score (nSPS) is 25.4. The lowest BCUT2D eigenvalue weighted by molar-refractivity contribution is 0.404. The van der Waals surface area contributed by atoms with Crippen molar-refractivity contribution in [1.82, 2.24) is 0 Å². The molecule has 0 aromatic heterocycles. The monoisotopic (exact) mass is 282 g/mol. The molecule has 2 unspecified atom stereocenters. The first-order valence-corrected chi connectivity index (χ1v) is 6.74. The third-order valence-corrected chi connectivity index (χ3v) is 3.94. The predicted octanol–water partition coefficient (Wildman–Crippen LogP) is 3.44. The molecule has 1 aliphatic carbocycles. The highest BCUT2D eigenvalue weighted by atomic mass is 79.9. The van der Waals surface area contributed by atoms with E-state index in [1.807, 2.05) is 0 Å². The summed E-state index contributed by atoms with van der Waals surface area (Å²) in [7, 11) is 0. The van der Waals surface area contributed by atoms with E-state index in [1.54, 1.807) is 0 Å². The summed E-state index contributed by atoms with van der Waals surface area (Å²) < 4.78 is 1.13. The molecule has 16 heavy (non-hydrogen) atoms. The molecule has 1 saturated carbocycles. The average Bonchev–Trinajstić information content (AvgIpc) is 2.25. The molecule has 2 nitrogen and oxygen atoms in total. The number of hydrogen-bond donors (Lipinski definition) is 2. The van der Waals surface area contributed by atoms with Crippen molar-refractivity contribution in [3.05, 3.63) is 28.2 Å². The van der Waals surface area contributed by atoms with Crippen LogP contribution in [-0.2, 0) is 0 Å². The SMILES string of the molecule is Cc1ccc(NC2CCCCC2N)c(Br)c1. The summed E-state index contributed by atoms with van der Waals surface area (Å²) >= 11 is 3.59.